The third kappa shape index (κ3) is 1.52. The molecule has 84 valence electrons. The average Bonchev–Trinajstić information content (AvgIpc) is 2.41. The van der Waals surface area contributed by atoms with Gasteiger partial charge in [0.05, 0.1) is 5.92 Å². The number of carbonyl (C=O) groups is 2. The molecular formula is C11H16O4. The van der Waals surface area contributed by atoms with Gasteiger partial charge in [-0.1, -0.05) is 0 Å². The highest BCUT2D eigenvalue weighted by Crippen LogP contribution is 2.45. The zero-order chi connectivity index (χ0) is 11.1. The van der Waals surface area contributed by atoms with Crippen molar-refractivity contribution in [3.8, 4) is 0 Å². The van der Waals surface area contributed by atoms with Crippen molar-refractivity contribution in [3.05, 3.63) is 0 Å². The predicted molar refractivity (Wildman–Crippen MR) is 52.0 cm³/mol. The minimum atomic E-state index is -0.679. The van der Waals surface area contributed by atoms with E-state index in [0.717, 1.165) is 25.7 Å². The van der Waals surface area contributed by atoms with Crippen molar-refractivity contribution in [1.29, 1.82) is 0 Å². The average molecular weight is 212 g/mol. The van der Waals surface area contributed by atoms with Crippen molar-refractivity contribution >= 4 is 11.9 Å². The first-order chi connectivity index (χ1) is 7.06. The van der Waals surface area contributed by atoms with Crippen molar-refractivity contribution in [1.82, 2.24) is 0 Å². The van der Waals surface area contributed by atoms with Crippen LogP contribution in [0.15, 0.2) is 0 Å². The molecule has 2 rings (SSSR count). The Morgan fingerprint density at radius 1 is 1.53 bits per heavy atom. The van der Waals surface area contributed by atoms with Crippen LogP contribution < -0.4 is 0 Å². The van der Waals surface area contributed by atoms with Gasteiger partial charge < -0.3 is 9.47 Å². The standard InChI is InChI=1S/C11H16O4/c1-7-10(13)14-9-5-3-4-6-11(7,9)15-8(2)12/h7,9H,3-6H2,1-2H3. The van der Waals surface area contributed by atoms with Gasteiger partial charge >= 0.3 is 11.9 Å². The summed E-state index contributed by atoms with van der Waals surface area (Å²) in [6.07, 6.45) is 3.35. The van der Waals surface area contributed by atoms with Gasteiger partial charge in [-0.25, -0.2) is 0 Å². The minimum absolute atomic E-state index is 0.224. The Labute approximate surface area is 88.9 Å². The van der Waals surface area contributed by atoms with Gasteiger partial charge in [0, 0.05) is 6.92 Å². The Balaban J connectivity index is 2.28. The summed E-state index contributed by atoms with van der Waals surface area (Å²) < 4.78 is 10.7. The molecule has 1 aliphatic carbocycles. The lowest BCUT2D eigenvalue weighted by Gasteiger charge is -2.38. The fourth-order valence-corrected chi connectivity index (χ4v) is 2.70. The summed E-state index contributed by atoms with van der Waals surface area (Å²) in [4.78, 5) is 22.6. The molecule has 2 fully saturated rings. The van der Waals surface area contributed by atoms with Gasteiger partial charge in [-0.05, 0) is 32.6 Å². The second kappa shape index (κ2) is 3.51. The summed E-state index contributed by atoms with van der Waals surface area (Å²) in [5.74, 6) is -0.887. The van der Waals surface area contributed by atoms with E-state index >= 15 is 0 Å². The first-order valence-electron chi connectivity index (χ1n) is 5.46. The van der Waals surface area contributed by atoms with Crippen molar-refractivity contribution in [2.75, 3.05) is 0 Å². The number of hydrogen-bond acceptors (Lipinski definition) is 4. The van der Waals surface area contributed by atoms with Crippen LogP contribution in [0.1, 0.15) is 39.5 Å². The van der Waals surface area contributed by atoms with Gasteiger partial charge in [0.15, 0.2) is 5.60 Å². The molecule has 2 aliphatic rings. The van der Waals surface area contributed by atoms with Crippen molar-refractivity contribution in [3.63, 3.8) is 0 Å². The molecule has 0 aromatic carbocycles. The van der Waals surface area contributed by atoms with Crippen molar-refractivity contribution in [2.45, 2.75) is 51.2 Å². The highest BCUT2D eigenvalue weighted by molar-refractivity contribution is 5.78. The Morgan fingerprint density at radius 2 is 2.27 bits per heavy atom. The van der Waals surface area contributed by atoms with Crippen LogP contribution in [0.2, 0.25) is 0 Å². The zero-order valence-electron chi connectivity index (χ0n) is 9.12. The number of esters is 2. The number of carbonyl (C=O) groups excluding carboxylic acids is 2. The molecule has 0 N–H and O–H groups in total. The molecule has 0 bridgehead atoms. The van der Waals surface area contributed by atoms with Crippen LogP contribution in [0, 0.1) is 5.92 Å². The normalized spacial score (nSPS) is 39.5. The highest BCUT2D eigenvalue weighted by atomic mass is 16.6. The maximum Gasteiger partial charge on any atom is 0.313 e. The maximum absolute atomic E-state index is 11.5. The van der Waals surface area contributed by atoms with Crippen LogP contribution in [-0.4, -0.2) is 23.6 Å². The molecule has 0 aromatic heterocycles. The van der Waals surface area contributed by atoms with Crippen LogP contribution in [0.5, 0.6) is 0 Å². The third-order valence-corrected chi connectivity index (χ3v) is 3.51. The molecule has 1 saturated heterocycles. The van der Waals surface area contributed by atoms with E-state index in [9.17, 15) is 9.59 Å². The van der Waals surface area contributed by atoms with Gasteiger partial charge in [0.2, 0.25) is 0 Å². The lowest BCUT2D eigenvalue weighted by Crippen LogP contribution is -2.49. The summed E-state index contributed by atoms with van der Waals surface area (Å²) in [5.41, 5.74) is -0.679. The Bertz CT molecular complexity index is 299. The van der Waals surface area contributed by atoms with Gasteiger partial charge in [-0.15, -0.1) is 0 Å². The Morgan fingerprint density at radius 3 is 2.93 bits per heavy atom. The molecule has 1 aliphatic heterocycles. The van der Waals surface area contributed by atoms with E-state index in [0.29, 0.717) is 0 Å². The van der Waals surface area contributed by atoms with E-state index in [1.54, 1.807) is 6.92 Å². The summed E-state index contributed by atoms with van der Waals surface area (Å²) in [6.45, 7) is 3.17. The quantitative estimate of drug-likeness (QED) is 0.617. The van der Waals surface area contributed by atoms with Crippen LogP contribution >= 0.6 is 0 Å². The van der Waals surface area contributed by atoms with E-state index in [-0.39, 0.29) is 24.0 Å². The molecule has 4 heteroatoms. The fourth-order valence-electron chi connectivity index (χ4n) is 2.70. The number of rotatable bonds is 1. The second-order valence-electron chi connectivity index (χ2n) is 4.44. The molecule has 0 radical (unpaired) electrons. The largest absolute Gasteiger partial charge is 0.458 e. The van der Waals surface area contributed by atoms with Crippen molar-refractivity contribution in [2.24, 2.45) is 5.92 Å². The fraction of sp³-hybridized carbons (Fsp3) is 0.818. The smallest absolute Gasteiger partial charge is 0.313 e. The van der Waals surface area contributed by atoms with Crippen LogP contribution in [-0.2, 0) is 19.1 Å². The number of fused-ring (bicyclic) bond motifs is 1. The monoisotopic (exact) mass is 212 g/mol. The van der Waals surface area contributed by atoms with E-state index in [4.69, 9.17) is 9.47 Å². The summed E-state index contributed by atoms with van der Waals surface area (Å²) in [6, 6.07) is 0. The van der Waals surface area contributed by atoms with E-state index in [1.165, 1.54) is 6.92 Å². The van der Waals surface area contributed by atoms with E-state index in [1.807, 2.05) is 0 Å². The molecule has 1 heterocycles. The highest BCUT2D eigenvalue weighted by Gasteiger charge is 2.58. The van der Waals surface area contributed by atoms with Crippen LogP contribution in [0.25, 0.3) is 0 Å². The lowest BCUT2D eigenvalue weighted by molar-refractivity contribution is -0.172. The summed E-state index contributed by atoms with van der Waals surface area (Å²) >= 11 is 0. The van der Waals surface area contributed by atoms with Gasteiger partial charge in [0.1, 0.15) is 6.10 Å². The van der Waals surface area contributed by atoms with E-state index in [2.05, 4.69) is 0 Å². The first-order valence-corrected chi connectivity index (χ1v) is 5.46. The maximum atomic E-state index is 11.5. The molecule has 4 nitrogen and oxygen atoms in total. The summed E-state index contributed by atoms with van der Waals surface area (Å²) in [7, 11) is 0. The minimum Gasteiger partial charge on any atom is -0.458 e. The SMILES string of the molecule is CC(=O)OC12CCCCC1OC(=O)C2C. The zero-order valence-corrected chi connectivity index (χ0v) is 9.12. The van der Waals surface area contributed by atoms with Gasteiger partial charge in [-0.3, -0.25) is 9.59 Å². The Kier molecular flexibility index (Phi) is 2.44. The molecule has 0 aromatic rings. The molecule has 1 saturated carbocycles. The first kappa shape index (κ1) is 10.5. The molecular weight excluding hydrogens is 196 g/mol. The lowest BCUT2D eigenvalue weighted by atomic mass is 9.76. The Hall–Kier alpha value is -1.06. The topological polar surface area (TPSA) is 52.6 Å². The molecule has 3 unspecified atom stereocenters. The molecule has 0 spiro atoms. The number of ether oxygens (including phenoxy) is 2. The van der Waals surface area contributed by atoms with Gasteiger partial charge in [-0.2, -0.15) is 0 Å². The van der Waals surface area contributed by atoms with Crippen molar-refractivity contribution < 1.29 is 19.1 Å². The van der Waals surface area contributed by atoms with E-state index < -0.39 is 5.60 Å². The van der Waals surface area contributed by atoms with Crippen LogP contribution in [0.3, 0.4) is 0 Å². The predicted octanol–water partition coefficient (Wildman–Crippen LogP) is 1.42. The van der Waals surface area contributed by atoms with Gasteiger partial charge in [0.25, 0.3) is 0 Å². The number of hydrogen-bond donors (Lipinski definition) is 0. The molecule has 3 atom stereocenters. The second-order valence-corrected chi connectivity index (χ2v) is 4.44. The molecule has 0 amide bonds. The molecule has 15 heavy (non-hydrogen) atoms. The van der Waals surface area contributed by atoms with Crippen LogP contribution in [0.4, 0.5) is 0 Å². The third-order valence-electron chi connectivity index (χ3n) is 3.51. The summed E-state index contributed by atoms with van der Waals surface area (Å²) in [5, 5.41) is 0.